The van der Waals surface area contributed by atoms with Gasteiger partial charge in [-0.25, -0.2) is 4.79 Å². The zero-order valence-corrected chi connectivity index (χ0v) is 13.4. The first-order chi connectivity index (χ1) is 9.17. The van der Waals surface area contributed by atoms with E-state index < -0.39 is 5.60 Å². The first-order valence-electron chi connectivity index (χ1n) is 6.97. The Morgan fingerprint density at radius 3 is 2.55 bits per heavy atom. The van der Waals surface area contributed by atoms with Crippen molar-refractivity contribution >= 4 is 11.8 Å². The van der Waals surface area contributed by atoms with Crippen LogP contribution in [0.25, 0.3) is 0 Å². The van der Waals surface area contributed by atoms with Gasteiger partial charge in [-0.1, -0.05) is 12.1 Å². The second-order valence-corrected chi connectivity index (χ2v) is 6.34. The molecule has 0 aromatic heterocycles. The molecule has 0 saturated heterocycles. The molecule has 0 aliphatic rings. The summed E-state index contributed by atoms with van der Waals surface area (Å²) in [5, 5.41) is 3.35. The van der Waals surface area contributed by atoms with Crippen molar-refractivity contribution in [2.24, 2.45) is 0 Å². The van der Waals surface area contributed by atoms with Gasteiger partial charge in [0, 0.05) is 25.3 Å². The molecule has 0 heterocycles. The van der Waals surface area contributed by atoms with E-state index in [1.165, 1.54) is 0 Å². The standard InChI is InChI=1S/C16H26N2O2/c1-12(2)17-14-9-7-8-13(10-14)11-18(6)15(19)20-16(3,4)5/h7-10,12,17H,11H2,1-6H3. The lowest BCUT2D eigenvalue weighted by molar-refractivity contribution is 0.0285. The average molecular weight is 278 g/mol. The molecule has 0 aliphatic carbocycles. The van der Waals surface area contributed by atoms with Crippen LogP contribution in [0.3, 0.4) is 0 Å². The van der Waals surface area contributed by atoms with Gasteiger partial charge in [0.05, 0.1) is 0 Å². The summed E-state index contributed by atoms with van der Waals surface area (Å²) in [6.07, 6.45) is -0.306. The summed E-state index contributed by atoms with van der Waals surface area (Å²) in [6.45, 7) is 10.3. The molecule has 1 rings (SSSR count). The van der Waals surface area contributed by atoms with E-state index in [4.69, 9.17) is 4.74 Å². The predicted molar refractivity (Wildman–Crippen MR) is 82.9 cm³/mol. The molecule has 112 valence electrons. The van der Waals surface area contributed by atoms with Crippen LogP contribution in [0.5, 0.6) is 0 Å². The zero-order valence-electron chi connectivity index (χ0n) is 13.4. The van der Waals surface area contributed by atoms with Crippen molar-refractivity contribution in [1.82, 2.24) is 4.90 Å². The largest absolute Gasteiger partial charge is 0.444 e. The third kappa shape index (κ3) is 5.95. The van der Waals surface area contributed by atoms with Crippen molar-refractivity contribution < 1.29 is 9.53 Å². The molecule has 1 N–H and O–H groups in total. The van der Waals surface area contributed by atoms with Gasteiger partial charge < -0.3 is 15.0 Å². The molecule has 1 amide bonds. The minimum atomic E-state index is -0.466. The van der Waals surface area contributed by atoms with E-state index in [0.717, 1.165) is 11.3 Å². The number of hydrogen-bond donors (Lipinski definition) is 1. The van der Waals surface area contributed by atoms with Crippen molar-refractivity contribution in [3.8, 4) is 0 Å². The lowest BCUT2D eigenvalue weighted by Crippen LogP contribution is -2.33. The SMILES string of the molecule is CC(C)Nc1cccc(CN(C)C(=O)OC(C)(C)C)c1. The summed E-state index contributed by atoms with van der Waals surface area (Å²) < 4.78 is 5.34. The molecular weight excluding hydrogens is 252 g/mol. The molecule has 1 aromatic rings. The second-order valence-electron chi connectivity index (χ2n) is 6.34. The molecule has 0 unspecified atom stereocenters. The molecule has 0 fully saturated rings. The smallest absolute Gasteiger partial charge is 0.410 e. The van der Waals surface area contributed by atoms with Crippen molar-refractivity contribution in [1.29, 1.82) is 0 Å². The van der Waals surface area contributed by atoms with Gasteiger partial charge in [0.15, 0.2) is 0 Å². The fraction of sp³-hybridized carbons (Fsp3) is 0.562. The molecule has 0 aliphatic heterocycles. The fourth-order valence-corrected chi connectivity index (χ4v) is 1.77. The van der Waals surface area contributed by atoms with Gasteiger partial charge in [-0.3, -0.25) is 0 Å². The number of nitrogens with zero attached hydrogens (tertiary/aromatic N) is 1. The molecule has 4 nitrogen and oxygen atoms in total. The van der Waals surface area contributed by atoms with Crippen LogP contribution < -0.4 is 5.32 Å². The van der Waals surface area contributed by atoms with Crippen molar-refractivity contribution in [3.63, 3.8) is 0 Å². The second kappa shape index (κ2) is 6.64. The highest BCUT2D eigenvalue weighted by Gasteiger charge is 2.19. The first kappa shape index (κ1) is 16.3. The number of rotatable bonds is 4. The van der Waals surface area contributed by atoms with Crippen molar-refractivity contribution in [2.45, 2.75) is 52.8 Å². The molecule has 0 spiro atoms. The molecule has 0 radical (unpaired) electrons. The van der Waals surface area contributed by atoms with Gasteiger partial charge >= 0.3 is 6.09 Å². The normalized spacial score (nSPS) is 11.3. The highest BCUT2D eigenvalue weighted by Crippen LogP contribution is 2.15. The molecule has 4 heteroatoms. The van der Waals surface area contributed by atoms with Crippen LogP contribution in [0, 0.1) is 0 Å². The van der Waals surface area contributed by atoms with Crippen LogP contribution in [-0.4, -0.2) is 29.7 Å². The predicted octanol–water partition coefficient (Wildman–Crippen LogP) is 3.87. The Hall–Kier alpha value is -1.71. The summed E-state index contributed by atoms with van der Waals surface area (Å²) in [6, 6.07) is 8.46. The Kier molecular flexibility index (Phi) is 5.43. The van der Waals surface area contributed by atoms with Crippen LogP contribution in [0.15, 0.2) is 24.3 Å². The van der Waals surface area contributed by atoms with Crippen molar-refractivity contribution in [3.05, 3.63) is 29.8 Å². The molecule has 20 heavy (non-hydrogen) atoms. The lowest BCUT2D eigenvalue weighted by atomic mass is 10.2. The third-order valence-corrected chi connectivity index (χ3v) is 2.51. The summed E-state index contributed by atoms with van der Waals surface area (Å²) in [4.78, 5) is 13.5. The monoisotopic (exact) mass is 278 g/mol. The van der Waals surface area contributed by atoms with E-state index in [9.17, 15) is 4.79 Å². The van der Waals surface area contributed by atoms with Crippen LogP contribution in [0.2, 0.25) is 0 Å². The fourth-order valence-electron chi connectivity index (χ4n) is 1.77. The van der Waals surface area contributed by atoms with E-state index in [1.54, 1.807) is 11.9 Å². The first-order valence-corrected chi connectivity index (χ1v) is 6.97. The molecule has 1 aromatic carbocycles. The minimum absolute atomic E-state index is 0.306. The van der Waals surface area contributed by atoms with E-state index in [0.29, 0.717) is 12.6 Å². The Bertz CT molecular complexity index is 450. The maximum atomic E-state index is 11.9. The highest BCUT2D eigenvalue weighted by atomic mass is 16.6. The van der Waals surface area contributed by atoms with Gasteiger partial charge in [0.1, 0.15) is 5.60 Å². The zero-order chi connectivity index (χ0) is 15.3. The Morgan fingerprint density at radius 2 is 2.00 bits per heavy atom. The molecular formula is C16H26N2O2. The Morgan fingerprint density at radius 1 is 1.35 bits per heavy atom. The Balaban J connectivity index is 2.66. The summed E-state index contributed by atoms with van der Waals surface area (Å²) in [5.41, 5.74) is 1.67. The topological polar surface area (TPSA) is 41.6 Å². The molecule has 0 atom stereocenters. The number of benzene rings is 1. The number of carbonyl (C=O) groups is 1. The van der Waals surface area contributed by atoms with Gasteiger partial charge in [-0.2, -0.15) is 0 Å². The summed E-state index contributed by atoms with van der Waals surface area (Å²) in [7, 11) is 1.75. The van der Waals surface area contributed by atoms with E-state index in [2.05, 4.69) is 25.2 Å². The lowest BCUT2D eigenvalue weighted by Gasteiger charge is -2.24. The quantitative estimate of drug-likeness (QED) is 0.909. The van der Waals surface area contributed by atoms with Crippen LogP contribution in [0.1, 0.15) is 40.2 Å². The average Bonchev–Trinajstić information content (AvgIpc) is 2.26. The summed E-state index contributed by atoms with van der Waals surface area (Å²) in [5.74, 6) is 0. The Labute approximate surface area is 122 Å². The number of ether oxygens (including phenoxy) is 1. The number of carbonyl (C=O) groups excluding carboxylic acids is 1. The van der Waals surface area contributed by atoms with E-state index >= 15 is 0 Å². The summed E-state index contributed by atoms with van der Waals surface area (Å²) >= 11 is 0. The van der Waals surface area contributed by atoms with E-state index in [-0.39, 0.29) is 6.09 Å². The molecule has 0 bridgehead atoms. The van der Waals surface area contributed by atoms with Gasteiger partial charge in [-0.15, -0.1) is 0 Å². The van der Waals surface area contributed by atoms with Crippen molar-refractivity contribution in [2.75, 3.05) is 12.4 Å². The number of hydrogen-bond acceptors (Lipinski definition) is 3. The van der Waals surface area contributed by atoms with Crippen LogP contribution in [-0.2, 0) is 11.3 Å². The number of anilines is 1. The highest BCUT2D eigenvalue weighted by molar-refractivity contribution is 5.67. The van der Waals surface area contributed by atoms with E-state index in [1.807, 2.05) is 39.0 Å². The van der Waals surface area contributed by atoms with Gasteiger partial charge in [-0.05, 0) is 52.3 Å². The maximum Gasteiger partial charge on any atom is 0.410 e. The molecule has 0 saturated carbocycles. The minimum Gasteiger partial charge on any atom is -0.444 e. The van der Waals surface area contributed by atoms with Crippen LogP contribution in [0.4, 0.5) is 10.5 Å². The van der Waals surface area contributed by atoms with Gasteiger partial charge in [0.25, 0.3) is 0 Å². The van der Waals surface area contributed by atoms with Gasteiger partial charge in [0.2, 0.25) is 0 Å². The number of nitrogens with one attached hydrogen (secondary N) is 1. The maximum absolute atomic E-state index is 11.9. The third-order valence-electron chi connectivity index (χ3n) is 2.51. The van der Waals surface area contributed by atoms with Crippen LogP contribution >= 0.6 is 0 Å². The number of amides is 1.